The van der Waals surface area contributed by atoms with Crippen LogP contribution in [0.2, 0.25) is 0 Å². The summed E-state index contributed by atoms with van der Waals surface area (Å²) in [6.07, 6.45) is 8.83. The minimum Gasteiger partial charge on any atom is -0.339 e. The lowest BCUT2D eigenvalue weighted by molar-refractivity contribution is -0.857. The number of hydrogen-bond donors (Lipinski definition) is 1. The van der Waals surface area contributed by atoms with Crippen molar-refractivity contribution in [1.29, 1.82) is 0 Å². The number of rotatable bonds is 4. The van der Waals surface area contributed by atoms with Gasteiger partial charge in [0, 0.05) is 5.41 Å². The Morgan fingerprint density at radius 1 is 1.06 bits per heavy atom. The smallest absolute Gasteiger partial charge is 0.144 e. The quantitative estimate of drug-likeness (QED) is 0.781. The van der Waals surface area contributed by atoms with Crippen LogP contribution < -0.4 is 4.90 Å². The van der Waals surface area contributed by atoms with E-state index in [1.54, 1.807) is 0 Å². The average Bonchev–Trinajstić information content (AvgIpc) is 2.23. The first kappa shape index (κ1) is 11.7. The van der Waals surface area contributed by atoms with E-state index in [2.05, 4.69) is 14.1 Å². The molecule has 0 unspecified atom stereocenters. The van der Waals surface area contributed by atoms with Crippen LogP contribution >= 0.6 is 0 Å². The van der Waals surface area contributed by atoms with Crippen LogP contribution in [0.4, 0.5) is 0 Å². The van der Waals surface area contributed by atoms with E-state index in [4.69, 9.17) is 0 Å². The van der Waals surface area contributed by atoms with Crippen LogP contribution in [-0.2, 0) is 4.79 Å². The van der Waals surface area contributed by atoms with Gasteiger partial charge in [0.05, 0.1) is 27.1 Å². The molecule has 2 heteroatoms. The van der Waals surface area contributed by atoms with Crippen molar-refractivity contribution in [3.8, 4) is 0 Å². The molecule has 0 aliphatic heterocycles. The van der Waals surface area contributed by atoms with Crippen molar-refractivity contribution in [2.45, 2.75) is 44.9 Å². The van der Waals surface area contributed by atoms with E-state index in [0.29, 0.717) is 5.78 Å². The zero-order valence-corrected chi connectivity index (χ0v) is 11.3. The lowest BCUT2D eigenvalue weighted by Crippen LogP contribution is -3.05. The molecule has 4 rings (SSSR count). The summed E-state index contributed by atoms with van der Waals surface area (Å²) in [5, 5.41) is 0. The molecule has 0 aromatic heterocycles. The van der Waals surface area contributed by atoms with Crippen LogP contribution in [0, 0.1) is 23.2 Å². The predicted octanol–water partition coefficient (Wildman–Crippen LogP) is 1.31. The number of nitrogens with one attached hydrogen (secondary N) is 1. The average molecular weight is 236 g/mol. The van der Waals surface area contributed by atoms with Gasteiger partial charge in [-0.1, -0.05) is 0 Å². The monoisotopic (exact) mass is 236 g/mol. The fourth-order valence-corrected chi connectivity index (χ4v) is 5.08. The van der Waals surface area contributed by atoms with E-state index in [9.17, 15) is 4.79 Å². The molecule has 0 heterocycles. The van der Waals surface area contributed by atoms with Gasteiger partial charge < -0.3 is 4.90 Å². The summed E-state index contributed by atoms with van der Waals surface area (Å²) in [6, 6.07) is 0. The highest BCUT2D eigenvalue weighted by molar-refractivity contribution is 5.85. The molecule has 4 aliphatic carbocycles. The third-order valence-corrected chi connectivity index (χ3v) is 5.48. The number of hydrogen-bond acceptors (Lipinski definition) is 1. The summed E-state index contributed by atoms with van der Waals surface area (Å²) in [5.41, 5.74) is 0.143. The van der Waals surface area contributed by atoms with E-state index < -0.39 is 0 Å². The van der Waals surface area contributed by atoms with Crippen molar-refractivity contribution >= 4 is 5.78 Å². The van der Waals surface area contributed by atoms with E-state index >= 15 is 0 Å². The molecule has 2 nitrogen and oxygen atoms in total. The Hall–Kier alpha value is -0.370. The molecule has 0 saturated heterocycles. The molecule has 0 radical (unpaired) electrons. The predicted molar refractivity (Wildman–Crippen MR) is 67.9 cm³/mol. The fourth-order valence-electron chi connectivity index (χ4n) is 5.08. The van der Waals surface area contributed by atoms with Crippen molar-refractivity contribution in [2.75, 3.05) is 20.6 Å². The Balaban J connectivity index is 1.71. The highest BCUT2D eigenvalue weighted by Crippen LogP contribution is 2.60. The standard InChI is InChI=1S/C15H25NO/c1-16(2)4-3-14(17)15-8-11-5-12(9-15)7-13(6-11)10-15/h11-13H,3-10H2,1-2H3/p+1. The van der Waals surface area contributed by atoms with E-state index in [1.165, 1.54) is 43.4 Å². The van der Waals surface area contributed by atoms with Gasteiger partial charge in [-0.3, -0.25) is 4.79 Å². The van der Waals surface area contributed by atoms with Crippen molar-refractivity contribution in [3.63, 3.8) is 0 Å². The second-order valence-corrected chi connectivity index (χ2v) is 7.33. The normalized spacial score (nSPS) is 43.4. The number of Topliss-reactive ketones (excluding diaryl/α,β-unsaturated/α-hetero) is 1. The van der Waals surface area contributed by atoms with Crippen LogP contribution in [0.15, 0.2) is 0 Å². The van der Waals surface area contributed by atoms with Crippen molar-refractivity contribution in [2.24, 2.45) is 23.2 Å². The molecule has 4 fully saturated rings. The minimum absolute atomic E-state index is 0.143. The molecule has 17 heavy (non-hydrogen) atoms. The Bertz CT molecular complexity index is 286. The maximum atomic E-state index is 12.6. The van der Waals surface area contributed by atoms with Gasteiger partial charge in [0.15, 0.2) is 0 Å². The van der Waals surface area contributed by atoms with E-state index in [1.807, 2.05) is 0 Å². The summed E-state index contributed by atoms with van der Waals surface area (Å²) in [7, 11) is 4.29. The van der Waals surface area contributed by atoms with Crippen molar-refractivity contribution < 1.29 is 9.69 Å². The number of carbonyl (C=O) groups is 1. The molecule has 0 spiro atoms. The molecule has 0 amide bonds. The maximum Gasteiger partial charge on any atom is 0.144 e. The Labute approximate surface area is 105 Å². The Morgan fingerprint density at radius 3 is 1.94 bits per heavy atom. The maximum absolute atomic E-state index is 12.6. The zero-order valence-electron chi connectivity index (χ0n) is 11.3. The van der Waals surface area contributed by atoms with Gasteiger partial charge in [-0.25, -0.2) is 0 Å². The topological polar surface area (TPSA) is 21.5 Å². The second kappa shape index (κ2) is 4.08. The molecule has 4 bridgehead atoms. The Morgan fingerprint density at radius 2 is 1.53 bits per heavy atom. The lowest BCUT2D eigenvalue weighted by Gasteiger charge is -2.56. The molecule has 4 saturated carbocycles. The summed E-state index contributed by atoms with van der Waals surface area (Å²) in [5.74, 6) is 3.31. The highest BCUT2D eigenvalue weighted by atomic mass is 16.1. The van der Waals surface area contributed by atoms with Crippen LogP contribution in [0.25, 0.3) is 0 Å². The van der Waals surface area contributed by atoms with Gasteiger partial charge in [-0.05, 0) is 56.3 Å². The first-order valence-electron chi connectivity index (χ1n) is 7.40. The Kier molecular flexibility index (Phi) is 2.81. The molecule has 0 aromatic rings. The van der Waals surface area contributed by atoms with Gasteiger partial charge in [0.2, 0.25) is 0 Å². The van der Waals surface area contributed by atoms with Crippen LogP contribution in [0.1, 0.15) is 44.9 Å². The van der Waals surface area contributed by atoms with E-state index in [-0.39, 0.29) is 5.41 Å². The SMILES string of the molecule is C[NH+](C)CCC(=O)C12CC3CC(CC(C3)C1)C2. The molecular formula is C15H26NO+. The molecule has 0 atom stereocenters. The third-order valence-electron chi connectivity index (χ3n) is 5.48. The lowest BCUT2D eigenvalue weighted by atomic mass is 9.48. The third kappa shape index (κ3) is 2.05. The summed E-state index contributed by atoms with van der Waals surface area (Å²) < 4.78 is 0. The van der Waals surface area contributed by atoms with Crippen LogP contribution in [-0.4, -0.2) is 26.4 Å². The number of quaternary nitrogens is 1. The van der Waals surface area contributed by atoms with Crippen molar-refractivity contribution in [1.82, 2.24) is 0 Å². The van der Waals surface area contributed by atoms with Gasteiger partial charge in [0.1, 0.15) is 5.78 Å². The van der Waals surface area contributed by atoms with Gasteiger partial charge >= 0.3 is 0 Å². The number of ketones is 1. The molecular weight excluding hydrogens is 210 g/mol. The van der Waals surface area contributed by atoms with Gasteiger partial charge in [0.25, 0.3) is 0 Å². The number of carbonyl (C=O) groups excluding carboxylic acids is 1. The largest absolute Gasteiger partial charge is 0.339 e. The van der Waals surface area contributed by atoms with Gasteiger partial charge in [-0.2, -0.15) is 0 Å². The second-order valence-electron chi connectivity index (χ2n) is 7.33. The van der Waals surface area contributed by atoms with Crippen LogP contribution in [0.3, 0.4) is 0 Å². The zero-order chi connectivity index (χ0) is 12.0. The summed E-state index contributed by atoms with van der Waals surface area (Å²) >= 11 is 0. The minimum atomic E-state index is 0.143. The van der Waals surface area contributed by atoms with E-state index in [0.717, 1.165) is 30.7 Å². The molecule has 4 aliphatic rings. The fraction of sp³-hybridized carbons (Fsp3) is 0.933. The molecule has 1 N–H and O–H groups in total. The van der Waals surface area contributed by atoms with Gasteiger partial charge in [-0.15, -0.1) is 0 Å². The summed E-state index contributed by atoms with van der Waals surface area (Å²) in [6.45, 7) is 1.01. The summed E-state index contributed by atoms with van der Waals surface area (Å²) in [4.78, 5) is 14.0. The van der Waals surface area contributed by atoms with Crippen molar-refractivity contribution in [3.05, 3.63) is 0 Å². The molecule has 96 valence electrons. The molecule has 0 aromatic carbocycles. The first-order valence-corrected chi connectivity index (χ1v) is 7.40. The van der Waals surface area contributed by atoms with Crippen LogP contribution in [0.5, 0.6) is 0 Å². The highest BCUT2D eigenvalue weighted by Gasteiger charge is 2.53. The first-order chi connectivity index (χ1) is 8.07.